The van der Waals surface area contributed by atoms with Crippen LogP contribution in [0.15, 0.2) is 106 Å². The van der Waals surface area contributed by atoms with E-state index in [0.29, 0.717) is 17.7 Å². The molecule has 0 spiro atoms. The van der Waals surface area contributed by atoms with Crippen LogP contribution in [-0.2, 0) is 0 Å². The second-order valence-corrected chi connectivity index (χ2v) is 9.90. The van der Waals surface area contributed by atoms with Crippen molar-refractivity contribution in [2.24, 2.45) is 0 Å². The molecule has 4 aromatic rings. The zero-order valence-corrected chi connectivity index (χ0v) is 22.9. The van der Waals surface area contributed by atoms with Gasteiger partial charge in [-0.2, -0.15) is 0 Å². The van der Waals surface area contributed by atoms with Crippen LogP contribution >= 0.6 is 31.9 Å². The number of hydrogen-bond donors (Lipinski definition) is 1. The Morgan fingerprint density at radius 2 is 1.17 bits per heavy atom. The number of ketones is 1. The normalized spacial score (nSPS) is 11.2. The lowest BCUT2D eigenvalue weighted by molar-refractivity contribution is 0.103. The third-order valence-corrected chi connectivity index (χ3v) is 6.33. The van der Waals surface area contributed by atoms with Gasteiger partial charge in [-0.25, -0.2) is 0 Å². The molecular weight excluding hydrogens is 568 g/mol. The molecule has 0 aliphatic rings. The van der Waals surface area contributed by atoms with E-state index in [4.69, 9.17) is 4.74 Å². The van der Waals surface area contributed by atoms with Gasteiger partial charge >= 0.3 is 0 Å². The summed E-state index contributed by atoms with van der Waals surface area (Å²) in [6, 6.07) is 30.3. The molecule has 0 aromatic heterocycles. The molecule has 4 rings (SSSR count). The smallest absolute Gasteiger partial charge is 0.193 e. The Labute approximate surface area is 224 Å². The monoisotopic (exact) mass is 594 g/mol. The highest BCUT2D eigenvalue weighted by Gasteiger charge is 2.10. The van der Waals surface area contributed by atoms with Gasteiger partial charge < -0.3 is 9.84 Å². The number of aryl methyl sites for hydroxylation is 1. The molecule has 0 aliphatic carbocycles. The molecule has 35 heavy (non-hydrogen) atoms. The SMILES string of the molecule is CCCOc1ccc(C(=O)c2ccc(Br)cc2)cc1.Cc1ccc(C(O)c2ccc(Br)cc2)cc1. The van der Waals surface area contributed by atoms with Gasteiger partial charge in [-0.3, -0.25) is 4.79 Å². The molecule has 0 saturated carbocycles. The second kappa shape index (κ2) is 13.4. The zero-order valence-electron chi connectivity index (χ0n) is 19.7. The first-order valence-corrected chi connectivity index (χ1v) is 13.0. The topological polar surface area (TPSA) is 46.5 Å². The number of carbonyl (C=O) groups is 1. The van der Waals surface area contributed by atoms with Crippen molar-refractivity contribution in [3.05, 3.63) is 134 Å². The van der Waals surface area contributed by atoms with Gasteiger partial charge in [0.25, 0.3) is 0 Å². The highest BCUT2D eigenvalue weighted by molar-refractivity contribution is 9.10. The molecule has 180 valence electrons. The Kier molecular flexibility index (Phi) is 10.3. The predicted molar refractivity (Wildman–Crippen MR) is 149 cm³/mol. The van der Waals surface area contributed by atoms with E-state index in [-0.39, 0.29) is 5.78 Å². The minimum atomic E-state index is -0.548. The minimum Gasteiger partial charge on any atom is -0.494 e. The molecule has 1 atom stereocenters. The standard InChI is InChI=1S/C16H15BrO2.C14H13BrO/c1-2-11-19-15-9-5-13(6-10-15)16(18)12-3-7-14(17)8-4-12;1-10-2-4-11(5-3-10)14(16)12-6-8-13(15)9-7-12/h3-10H,2,11H2,1H3;2-9,14,16H,1H3. The van der Waals surface area contributed by atoms with Crippen LogP contribution in [-0.4, -0.2) is 17.5 Å². The number of ether oxygens (including phenoxy) is 1. The van der Waals surface area contributed by atoms with Crippen LogP contribution in [0.5, 0.6) is 5.75 Å². The summed E-state index contributed by atoms with van der Waals surface area (Å²) in [5.41, 5.74) is 4.39. The third kappa shape index (κ3) is 8.17. The van der Waals surface area contributed by atoms with Gasteiger partial charge in [0.1, 0.15) is 11.9 Å². The second-order valence-electron chi connectivity index (χ2n) is 8.07. The quantitative estimate of drug-likeness (QED) is 0.219. The molecule has 0 aliphatic heterocycles. The van der Waals surface area contributed by atoms with Crippen molar-refractivity contribution in [2.75, 3.05) is 6.61 Å². The van der Waals surface area contributed by atoms with Crippen molar-refractivity contribution >= 4 is 37.6 Å². The van der Waals surface area contributed by atoms with Crippen molar-refractivity contribution in [3.63, 3.8) is 0 Å². The Balaban J connectivity index is 0.000000198. The van der Waals surface area contributed by atoms with Crippen LogP contribution in [0.1, 0.15) is 52.1 Å². The molecule has 0 heterocycles. The van der Waals surface area contributed by atoms with Crippen molar-refractivity contribution in [3.8, 4) is 5.75 Å². The highest BCUT2D eigenvalue weighted by atomic mass is 79.9. The molecule has 0 saturated heterocycles. The summed E-state index contributed by atoms with van der Waals surface area (Å²) in [7, 11) is 0. The number of carbonyl (C=O) groups excluding carboxylic acids is 1. The van der Waals surface area contributed by atoms with Crippen LogP contribution in [0.25, 0.3) is 0 Å². The molecular formula is C30H28Br2O3. The fraction of sp³-hybridized carbons (Fsp3) is 0.167. The summed E-state index contributed by atoms with van der Waals surface area (Å²) < 4.78 is 7.48. The number of halogens is 2. The van der Waals surface area contributed by atoms with Gasteiger partial charge in [-0.1, -0.05) is 80.7 Å². The van der Waals surface area contributed by atoms with Gasteiger partial charge in [-0.15, -0.1) is 0 Å². The maximum absolute atomic E-state index is 12.2. The third-order valence-electron chi connectivity index (χ3n) is 5.27. The van der Waals surface area contributed by atoms with E-state index in [1.807, 2.05) is 91.9 Å². The van der Waals surface area contributed by atoms with Crippen LogP contribution < -0.4 is 4.74 Å². The fourth-order valence-corrected chi connectivity index (χ4v) is 3.81. The number of aliphatic hydroxyl groups excluding tert-OH is 1. The lowest BCUT2D eigenvalue weighted by Crippen LogP contribution is -2.01. The first kappa shape index (κ1) is 26.9. The van der Waals surface area contributed by atoms with Crippen molar-refractivity contribution in [1.29, 1.82) is 0 Å². The average Bonchev–Trinajstić information content (AvgIpc) is 2.89. The lowest BCUT2D eigenvalue weighted by atomic mass is 10.0. The lowest BCUT2D eigenvalue weighted by Gasteiger charge is -2.11. The van der Waals surface area contributed by atoms with E-state index in [1.165, 1.54) is 5.56 Å². The number of benzene rings is 4. The van der Waals surface area contributed by atoms with E-state index < -0.39 is 6.10 Å². The van der Waals surface area contributed by atoms with Crippen LogP contribution in [0.4, 0.5) is 0 Å². The Morgan fingerprint density at radius 1 is 0.743 bits per heavy atom. The van der Waals surface area contributed by atoms with E-state index in [2.05, 4.69) is 38.8 Å². The van der Waals surface area contributed by atoms with Gasteiger partial charge in [-0.05, 0) is 85.1 Å². The highest BCUT2D eigenvalue weighted by Crippen LogP contribution is 2.23. The van der Waals surface area contributed by atoms with Gasteiger partial charge in [0.05, 0.1) is 6.61 Å². The molecule has 0 fully saturated rings. The maximum atomic E-state index is 12.2. The average molecular weight is 596 g/mol. The van der Waals surface area contributed by atoms with Crippen LogP contribution in [0, 0.1) is 6.92 Å². The van der Waals surface area contributed by atoms with Gasteiger partial charge in [0.15, 0.2) is 5.78 Å². The van der Waals surface area contributed by atoms with E-state index in [9.17, 15) is 9.90 Å². The largest absolute Gasteiger partial charge is 0.494 e. The number of hydrogen-bond acceptors (Lipinski definition) is 3. The van der Waals surface area contributed by atoms with E-state index in [1.54, 1.807) is 12.1 Å². The number of rotatable bonds is 7. The van der Waals surface area contributed by atoms with Crippen molar-refractivity contribution in [1.82, 2.24) is 0 Å². The molecule has 1 unspecified atom stereocenters. The van der Waals surface area contributed by atoms with Gasteiger partial charge in [0.2, 0.25) is 0 Å². The summed E-state index contributed by atoms with van der Waals surface area (Å²) in [5.74, 6) is 0.823. The Morgan fingerprint density at radius 3 is 1.66 bits per heavy atom. The van der Waals surface area contributed by atoms with Crippen LogP contribution in [0.2, 0.25) is 0 Å². The van der Waals surface area contributed by atoms with E-state index >= 15 is 0 Å². The fourth-order valence-electron chi connectivity index (χ4n) is 3.28. The van der Waals surface area contributed by atoms with Gasteiger partial charge in [0, 0.05) is 20.1 Å². The maximum Gasteiger partial charge on any atom is 0.193 e. The zero-order chi connectivity index (χ0) is 25.2. The Hall–Kier alpha value is -2.73. The molecule has 0 bridgehead atoms. The summed E-state index contributed by atoms with van der Waals surface area (Å²) in [5, 5.41) is 10.2. The Bertz CT molecular complexity index is 1160. The first-order chi connectivity index (χ1) is 16.9. The predicted octanol–water partition coefficient (Wildman–Crippen LogP) is 8.31. The number of aliphatic hydroxyl groups is 1. The molecule has 4 aromatic carbocycles. The minimum absolute atomic E-state index is 0.0227. The molecule has 5 heteroatoms. The van der Waals surface area contributed by atoms with Crippen molar-refractivity contribution in [2.45, 2.75) is 26.4 Å². The summed E-state index contributed by atoms with van der Waals surface area (Å²) in [6.45, 7) is 4.79. The molecule has 0 radical (unpaired) electrons. The van der Waals surface area contributed by atoms with Crippen LogP contribution in [0.3, 0.4) is 0 Å². The first-order valence-electron chi connectivity index (χ1n) is 11.4. The molecule has 1 N–H and O–H groups in total. The summed E-state index contributed by atoms with van der Waals surface area (Å²) in [6.07, 6.45) is 0.424. The molecule has 0 amide bonds. The van der Waals surface area contributed by atoms with Crippen molar-refractivity contribution < 1.29 is 14.6 Å². The van der Waals surface area contributed by atoms with E-state index in [0.717, 1.165) is 32.2 Å². The molecule has 3 nitrogen and oxygen atoms in total. The summed E-state index contributed by atoms with van der Waals surface area (Å²) >= 11 is 6.74. The summed E-state index contributed by atoms with van der Waals surface area (Å²) in [4.78, 5) is 12.2.